The van der Waals surface area contributed by atoms with E-state index in [9.17, 15) is 0 Å². The Kier molecular flexibility index (Phi) is 8.48. The monoisotopic (exact) mass is 485 g/mol. The second-order valence-electron chi connectivity index (χ2n) is 7.18. The molecule has 7 heteroatoms. The van der Waals surface area contributed by atoms with Gasteiger partial charge in [0.15, 0.2) is 0 Å². The van der Waals surface area contributed by atoms with E-state index in [1.54, 1.807) is 30.6 Å². The molecule has 4 N–H and O–H groups in total. The van der Waals surface area contributed by atoms with Crippen molar-refractivity contribution in [3.63, 3.8) is 0 Å². The zero-order valence-corrected chi connectivity index (χ0v) is 20.1. The first-order chi connectivity index (χ1) is 16.3. The average Bonchev–Trinajstić information content (AvgIpc) is 2.81. The Morgan fingerprint density at radius 1 is 0.647 bits per heavy atom. The van der Waals surface area contributed by atoms with Gasteiger partial charge in [-0.15, -0.1) is 0 Å². The Morgan fingerprint density at radius 2 is 1.21 bits per heavy atom. The Labute approximate surface area is 209 Å². The van der Waals surface area contributed by atoms with Crippen molar-refractivity contribution in [3.8, 4) is 23.7 Å². The van der Waals surface area contributed by atoms with E-state index in [2.05, 4.69) is 38.6 Å². The van der Waals surface area contributed by atoms with Gasteiger partial charge in [-0.3, -0.25) is 4.98 Å². The third-order valence-electron chi connectivity index (χ3n) is 4.31. The molecule has 0 aliphatic heterocycles. The molecule has 1 aromatic carbocycles. The summed E-state index contributed by atoms with van der Waals surface area (Å²) < 4.78 is 0. The molecule has 5 nitrogen and oxygen atoms in total. The molecule has 0 bridgehead atoms. The second-order valence-corrected chi connectivity index (χ2v) is 8.06. The highest BCUT2D eigenvalue weighted by atomic mass is 35.5. The highest BCUT2D eigenvalue weighted by molar-refractivity contribution is 6.30. The first-order valence-corrected chi connectivity index (χ1v) is 10.9. The van der Waals surface area contributed by atoms with Gasteiger partial charge in [-0.1, -0.05) is 41.1 Å². The summed E-state index contributed by atoms with van der Waals surface area (Å²) in [6.45, 7) is 3.80. The van der Waals surface area contributed by atoms with E-state index in [4.69, 9.17) is 34.7 Å². The molecule has 0 radical (unpaired) electrons. The maximum absolute atomic E-state index is 5.87. The van der Waals surface area contributed by atoms with E-state index in [-0.39, 0.29) is 0 Å². The number of anilines is 2. The van der Waals surface area contributed by atoms with Crippen LogP contribution in [-0.4, -0.2) is 15.0 Å². The van der Waals surface area contributed by atoms with E-state index in [0.29, 0.717) is 32.8 Å². The summed E-state index contributed by atoms with van der Waals surface area (Å²) in [4.78, 5) is 12.5. The van der Waals surface area contributed by atoms with Gasteiger partial charge in [0.2, 0.25) is 0 Å². The fraction of sp³-hybridized carbons (Fsp3) is 0.0741. The van der Waals surface area contributed by atoms with Crippen LogP contribution in [0.15, 0.2) is 67.0 Å². The molecule has 0 spiro atoms. The van der Waals surface area contributed by atoms with Crippen LogP contribution in [0.3, 0.4) is 0 Å². The molecule has 3 aromatic heterocycles. The normalized spacial score (nSPS) is 9.53. The molecular formula is C27H21Cl2N5. The highest BCUT2D eigenvalue weighted by Crippen LogP contribution is 2.12. The molecule has 4 aromatic rings. The highest BCUT2D eigenvalue weighted by Gasteiger charge is 1.98. The third kappa shape index (κ3) is 7.53. The Hall–Kier alpha value is -4.03. The van der Waals surface area contributed by atoms with Crippen molar-refractivity contribution in [2.24, 2.45) is 0 Å². The SMILES string of the molecule is Cc1ccc(N)c(C#Cc2cccc(Cl)c2)n1.Cc1ccc(N)c(C#Cc2cncc(Cl)c2)n1. The second kappa shape index (κ2) is 11.7. The number of rotatable bonds is 0. The van der Waals surface area contributed by atoms with Gasteiger partial charge < -0.3 is 11.5 Å². The van der Waals surface area contributed by atoms with E-state index in [1.165, 1.54) is 0 Å². The minimum absolute atomic E-state index is 0.557. The topological polar surface area (TPSA) is 90.7 Å². The number of aromatic nitrogens is 3. The minimum atomic E-state index is 0.557. The summed E-state index contributed by atoms with van der Waals surface area (Å²) >= 11 is 11.7. The Balaban J connectivity index is 0.000000191. The van der Waals surface area contributed by atoms with Crippen LogP contribution >= 0.6 is 23.2 Å². The molecule has 4 rings (SSSR count). The molecule has 3 heterocycles. The van der Waals surface area contributed by atoms with Crippen molar-refractivity contribution in [1.82, 2.24) is 15.0 Å². The van der Waals surface area contributed by atoms with Crippen LogP contribution < -0.4 is 11.5 Å². The molecule has 34 heavy (non-hydrogen) atoms. The quantitative estimate of drug-likeness (QED) is 0.323. The Bertz CT molecular complexity index is 1330. The first kappa shape index (κ1) is 24.6. The summed E-state index contributed by atoms with van der Waals surface area (Å²) in [5.74, 6) is 11.8. The minimum Gasteiger partial charge on any atom is -0.396 e. The molecule has 0 aliphatic carbocycles. The number of hydrogen-bond acceptors (Lipinski definition) is 5. The first-order valence-electron chi connectivity index (χ1n) is 10.2. The number of halogens is 2. The maximum atomic E-state index is 5.87. The van der Waals surface area contributed by atoms with Crippen molar-refractivity contribution < 1.29 is 0 Å². The van der Waals surface area contributed by atoms with Gasteiger partial charge >= 0.3 is 0 Å². The van der Waals surface area contributed by atoms with Gasteiger partial charge in [0.1, 0.15) is 11.4 Å². The zero-order chi connectivity index (χ0) is 24.5. The van der Waals surface area contributed by atoms with Crippen LogP contribution in [0.2, 0.25) is 10.0 Å². The molecule has 168 valence electrons. The molecule has 0 amide bonds. The lowest BCUT2D eigenvalue weighted by atomic mass is 10.2. The number of nitrogens with zero attached hydrogens (tertiary/aromatic N) is 3. The lowest BCUT2D eigenvalue weighted by molar-refractivity contribution is 1.18. The molecule has 0 saturated heterocycles. The lowest BCUT2D eigenvalue weighted by Gasteiger charge is -1.98. The smallest absolute Gasteiger partial charge is 0.136 e. The molecule has 0 unspecified atom stereocenters. The molecule has 0 aliphatic rings. The van der Waals surface area contributed by atoms with Gasteiger partial charge in [-0.05, 0) is 74.2 Å². The number of benzene rings is 1. The van der Waals surface area contributed by atoms with Crippen molar-refractivity contribution in [1.29, 1.82) is 0 Å². The lowest BCUT2D eigenvalue weighted by Crippen LogP contribution is -1.95. The van der Waals surface area contributed by atoms with Crippen molar-refractivity contribution in [2.45, 2.75) is 13.8 Å². The average molecular weight is 486 g/mol. The summed E-state index contributed by atoms with van der Waals surface area (Å²) in [6.07, 6.45) is 3.21. The third-order valence-corrected chi connectivity index (χ3v) is 4.75. The van der Waals surface area contributed by atoms with Gasteiger partial charge in [-0.25, -0.2) is 9.97 Å². The number of nitrogen functional groups attached to an aromatic ring is 2. The van der Waals surface area contributed by atoms with E-state index < -0.39 is 0 Å². The standard InChI is InChI=1S/C14H11ClN2.C13H10ClN3/c1-10-5-7-13(16)14(17-10)8-6-11-3-2-4-12(15)9-11;1-9-2-4-12(15)13(17-9)5-3-10-6-11(14)8-16-7-10/h2-5,7,9H,16H2,1H3;2,4,6-8H,15H2,1H3. The van der Waals surface area contributed by atoms with Crippen molar-refractivity contribution >= 4 is 34.6 Å². The van der Waals surface area contributed by atoms with Crippen LogP contribution in [0.4, 0.5) is 11.4 Å². The van der Waals surface area contributed by atoms with Crippen LogP contribution in [0.5, 0.6) is 0 Å². The van der Waals surface area contributed by atoms with Crippen molar-refractivity contribution in [3.05, 3.63) is 111 Å². The zero-order valence-electron chi connectivity index (χ0n) is 18.6. The summed E-state index contributed by atoms with van der Waals surface area (Å²) in [7, 11) is 0. The van der Waals surface area contributed by atoms with E-state index in [1.807, 2.05) is 50.2 Å². The predicted octanol–water partition coefficient (Wildman–Crippen LogP) is 5.45. The van der Waals surface area contributed by atoms with Crippen molar-refractivity contribution in [2.75, 3.05) is 11.5 Å². The van der Waals surface area contributed by atoms with E-state index >= 15 is 0 Å². The molecule has 0 atom stereocenters. The molecule has 0 fully saturated rings. The predicted molar refractivity (Wildman–Crippen MR) is 139 cm³/mol. The largest absolute Gasteiger partial charge is 0.396 e. The van der Waals surface area contributed by atoms with Crippen LogP contribution in [0.1, 0.15) is 33.9 Å². The number of hydrogen-bond donors (Lipinski definition) is 2. The molecule has 0 saturated carbocycles. The Morgan fingerprint density at radius 3 is 1.76 bits per heavy atom. The van der Waals surface area contributed by atoms with Gasteiger partial charge in [0.05, 0.1) is 16.4 Å². The number of pyridine rings is 3. The fourth-order valence-corrected chi connectivity index (χ4v) is 3.01. The summed E-state index contributed by atoms with van der Waals surface area (Å²) in [5, 5.41) is 1.23. The summed E-state index contributed by atoms with van der Waals surface area (Å²) in [6, 6.07) is 16.4. The van der Waals surface area contributed by atoms with E-state index in [0.717, 1.165) is 22.5 Å². The van der Waals surface area contributed by atoms with Gasteiger partial charge in [-0.2, -0.15) is 0 Å². The number of nitrogens with two attached hydrogens (primary N) is 2. The fourth-order valence-electron chi connectivity index (χ4n) is 2.64. The van der Waals surface area contributed by atoms with Crippen LogP contribution in [-0.2, 0) is 0 Å². The molecular weight excluding hydrogens is 465 g/mol. The van der Waals surface area contributed by atoms with Crippen LogP contribution in [0, 0.1) is 37.5 Å². The summed E-state index contributed by atoms with van der Waals surface area (Å²) in [5.41, 5.74) is 17.3. The van der Waals surface area contributed by atoms with Gasteiger partial charge in [0, 0.05) is 39.9 Å². The van der Waals surface area contributed by atoms with Crippen LogP contribution in [0.25, 0.3) is 0 Å². The maximum Gasteiger partial charge on any atom is 0.136 e. The van der Waals surface area contributed by atoms with Gasteiger partial charge in [0.25, 0.3) is 0 Å². The number of aryl methyl sites for hydroxylation is 2.